The highest BCUT2D eigenvalue weighted by atomic mass is 35.5. The van der Waals surface area contributed by atoms with Crippen LogP contribution in [0.1, 0.15) is 37.8 Å². The van der Waals surface area contributed by atoms with Gasteiger partial charge in [-0.15, -0.1) is 0 Å². The SMILES string of the molecule is CNC(C)c1ccc(OC2CCCCNC2=O)c(Cl)c1. The van der Waals surface area contributed by atoms with Crippen LogP contribution in [0.2, 0.25) is 5.02 Å². The van der Waals surface area contributed by atoms with Crippen LogP contribution in [0.4, 0.5) is 0 Å². The van der Waals surface area contributed by atoms with E-state index in [1.807, 2.05) is 25.2 Å². The van der Waals surface area contributed by atoms with Crippen molar-refractivity contribution in [1.29, 1.82) is 0 Å². The molecule has 5 heteroatoms. The maximum Gasteiger partial charge on any atom is 0.261 e. The van der Waals surface area contributed by atoms with Gasteiger partial charge < -0.3 is 15.4 Å². The van der Waals surface area contributed by atoms with Crippen LogP contribution < -0.4 is 15.4 Å². The molecule has 2 unspecified atom stereocenters. The number of rotatable bonds is 4. The van der Waals surface area contributed by atoms with E-state index >= 15 is 0 Å². The van der Waals surface area contributed by atoms with Gasteiger partial charge in [0.15, 0.2) is 6.10 Å². The predicted octanol–water partition coefficient (Wildman–Crippen LogP) is 2.67. The zero-order chi connectivity index (χ0) is 14.5. The lowest BCUT2D eigenvalue weighted by Crippen LogP contribution is -2.36. The number of hydrogen-bond donors (Lipinski definition) is 2. The minimum Gasteiger partial charge on any atom is -0.479 e. The quantitative estimate of drug-likeness (QED) is 0.898. The van der Waals surface area contributed by atoms with E-state index in [4.69, 9.17) is 16.3 Å². The van der Waals surface area contributed by atoms with Gasteiger partial charge in [-0.1, -0.05) is 17.7 Å². The Morgan fingerprint density at radius 3 is 2.95 bits per heavy atom. The second-order valence-corrected chi connectivity index (χ2v) is 5.50. The summed E-state index contributed by atoms with van der Waals surface area (Å²) in [6, 6.07) is 5.91. The molecule has 1 aliphatic rings. The van der Waals surface area contributed by atoms with E-state index in [1.165, 1.54) is 0 Å². The van der Waals surface area contributed by atoms with Gasteiger partial charge in [0, 0.05) is 12.6 Å². The van der Waals surface area contributed by atoms with Gasteiger partial charge in [0.1, 0.15) is 5.75 Å². The minimum atomic E-state index is -0.442. The van der Waals surface area contributed by atoms with E-state index in [-0.39, 0.29) is 11.9 Å². The van der Waals surface area contributed by atoms with Gasteiger partial charge in [-0.05, 0) is 50.9 Å². The predicted molar refractivity (Wildman–Crippen MR) is 80.2 cm³/mol. The Kier molecular flexibility index (Phi) is 5.26. The Morgan fingerprint density at radius 2 is 2.25 bits per heavy atom. The summed E-state index contributed by atoms with van der Waals surface area (Å²) in [7, 11) is 1.90. The molecule has 0 saturated carbocycles. The minimum absolute atomic E-state index is 0.0498. The van der Waals surface area contributed by atoms with Crippen molar-refractivity contribution in [3.8, 4) is 5.75 Å². The van der Waals surface area contributed by atoms with E-state index in [0.717, 1.165) is 31.4 Å². The van der Waals surface area contributed by atoms with Gasteiger partial charge in [-0.2, -0.15) is 0 Å². The van der Waals surface area contributed by atoms with Crippen molar-refractivity contribution in [1.82, 2.24) is 10.6 Å². The number of hydrogen-bond acceptors (Lipinski definition) is 3. The molecule has 0 aromatic heterocycles. The second kappa shape index (κ2) is 6.95. The number of ether oxygens (including phenoxy) is 1. The molecule has 1 aliphatic heterocycles. The van der Waals surface area contributed by atoms with E-state index in [2.05, 4.69) is 17.6 Å². The summed E-state index contributed by atoms with van der Waals surface area (Å²) < 4.78 is 5.78. The first kappa shape index (κ1) is 15.1. The zero-order valence-corrected chi connectivity index (χ0v) is 12.7. The number of carbonyl (C=O) groups excluding carboxylic acids is 1. The van der Waals surface area contributed by atoms with E-state index < -0.39 is 6.10 Å². The highest BCUT2D eigenvalue weighted by Crippen LogP contribution is 2.29. The molecular weight excluding hydrogens is 276 g/mol. The van der Waals surface area contributed by atoms with Crippen molar-refractivity contribution in [3.63, 3.8) is 0 Å². The smallest absolute Gasteiger partial charge is 0.261 e. The highest BCUT2D eigenvalue weighted by molar-refractivity contribution is 6.32. The van der Waals surface area contributed by atoms with Gasteiger partial charge in [0.25, 0.3) is 5.91 Å². The molecule has 0 bridgehead atoms. The van der Waals surface area contributed by atoms with Crippen molar-refractivity contribution < 1.29 is 9.53 Å². The summed E-state index contributed by atoms with van der Waals surface area (Å²) in [6.45, 7) is 2.79. The van der Waals surface area contributed by atoms with Crippen molar-refractivity contribution in [2.45, 2.75) is 38.3 Å². The Labute approximate surface area is 124 Å². The van der Waals surface area contributed by atoms with Crippen molar-refractivity contribution in [2.75, 3.05) is 13.6 Å². The van der Waals surface area contributed by atoms with Crippen molar-refractivity contribution in [3.05, 3.63) is 28.8 Å². The van der Waals surface area contributed by atoms with Gasteiger partial charge in [0.05, 0.1) is 5.02 Å². The summed E-state index contributed by atoms with van der Waals surface area (Å²) in [5.74, 6) is 0.520. The fourth-order valence-electron chi connectivity index (χ4n) is 2.23. The standard InChI is InChI=1S/C15H21ClN2O2/c1-10(17-2)11-6-7-13(12(16)9-11)20-14-5-3-4-8-18-15(14)19/h6-7,9-10,14,17H,3-5,8H2,1-2H3,(H,18,19). The number of nitrogens with one attached hydrogen (secondary N) is 2. The molecule has 1 saturated heterocycles. The summed E-state index contributed by atoms with van der Waals surface area (Å²) in [4.78, 5) is 11.9. The molecular formula is C15H21ClN2O2. The van der Waals surface area contributed by atoms with Crippen LogP contribution >= 0.6 is 11.6 Å². The van der Waals surface area contributed by atoms with Gasteiger partial charge in [0.2, 0.25) is 0 Å². The summed E-state index contributed by atoms with van der Waals surface area (Å²) in [6.07, 6.45) is 2.27. The molecule has 0 radical (unpaired) electrons. The molecule has 2 atom stereocenters. The summed E-state index contributed by atoms with van der Waals surface area (Å²) in [5.41, 5.74) is 1.09. The molecule has 1 aromatic rings. The lowest BCUT2D eigenvalue weighted by Gasteiger charge is -2.18. The molecule has 110 valence electrons. The molecule has 1 aromatic carbocycles. The fourth-order valence-corrected chi connectivity index (χ4v) is 2.46. The van der Waals surface area contributed by atoms with Crippen LogP contribution in [0.15, 0.2) is 18.2 Å². The molecule has 20 heavy (non-hydrogen) atoms. The average Bonchev–Trinajstić information content (AvgIpc) is 2.65. The summed E-state index contributed by atoms with van der Waals surface area (Å²) >= 11 is 6.25. The average molecular weight is 297 g/mol. The number of benzene rings is 1. The first-order chi connectivity index (χ1) is 9.61. The van der Waals surface area contributed by atoms with Gasteiger partial charge >= 0.3 is 0 Å². The molecule has 1 amide bonds. The van der Waals surface area contributed by atoms with Crippen LogP contribution in [0.5, 0.6) is 5.75 Å². The molecule has 1 heterocycles. The first-order valence-electron chi connectivity index (χ1n) is 7.03. The van der Waals surface area contributed by atoms with Crippen molar-refractivity contribution in [2.24, 2.45) is 0 Å². The maximum absolute atomic E-state index is 11.9. The van der Waals surface area contributed by atoms with Crippen LogP contribution in [0.25, 0.3) is 0 Å². The van der Waals surface area contributed by atoms with Crippen LogP contribution in [0.3, 0.4) is 0 Å². The van der Waals surface area contributed by atoms with Crippen LogP contribution in [-0.2, 0) is 4.79 Å². The largest absolute Gasteiger partial charge is 0.479 e. The number of carbonyl (C=O) groups is 1. The zero-order valence-electron chi connectivity index (χ0n) is 11.9. The first-order valence-corrected chi connectivity index (χ1v) is 7.40. The molecule has 0 aliphatic carbocycles. The lowest BCUT2D eigenvalue weighted by molar-refractivity contribution is -0.127. The molecule has 2 rings (SSSR count). The van der Waals surface area contributed by atoms with Gasteiger partial charge in [-0.3, -0.25) is 4.79 Å². The molecule has 4 nitrogen and oxygen atoms in total. The Balaban J connectivity index is 2.10. The Morgan fingerprint density at radius 1 is 1.45 bits per heavy atom. The van der Waals surface area contributed by atoms with Gasteiger partial charge in [-0.25, -0.2) is 0 Å². The van der Waals surface area contributed by atoms with E-state index in [0.29, 0.717) is 10.8 Å². The number of amides is 1. The van der Waals surface area contributed by atoms with E-state index in [1.54, 1.807) is 0 Å². The van der Waals surface area contributed by atoms with Crippen molar-refractivity contribution >= 4 is 17.5 Å². The molecule has 2 N–H and O–H groups in total. The topological polar surface area (TPSA) is 50.4 Å². The third-order valence-corrected chi connectivity index (χ3v) is 3.94. The monoisotopic (exact) mass is 296 g/mol. The number of halogens is 1. The highest BCUT2D eigenvalue weighted by Gasteiger charge is 2.23. The van der Waals surface area contributed by atoms with Crippen LogP contribution in [0, 0.1) is 0 Å². The Bertz CT molecular complexity index is 479. The molecule has 0 spiro atoms. The molecule has 1 fully saturated rings. The van der Waals surface area contributed by atoms with E-state index in [9.17, 15) is 4.79 Å². The lowest BCUT2D eigenvalue weighted by atomic mass is 10.1. The summed E-state index contributed by atoms with van der Waals surface area (Å²) in [5, 5.41) is 6.56. The third-order valence-electron chi connectivity index (χ3n) is 3.64. The Hall–Kier alpha value is -1.26. The second-order valence-electron chi connectivity index (χ2n) is 5.09. The van der Waals surface area contributed by atoms with Crippen LogP contribution in [-0.4, -0.2) is 25.6 Å². The normalized spacial score (nSPS) is 20.9. The fraction of sp³-hybridized carbons (Fsp3) is 0.533. The maximum atomic E-state index is 11.9. The third kappa shape index (κ3) is 3.64.